The van der Waals surface area contributed by atoms with E-state index in [0.717, 1.165) is 26.2 Å². The first-order chi connectivity index (χ1) is 9.33. The molecule has 0 amide bonds. The van der Waals surface area contributed by atoms with Crippen molar-refractivity contribution in [3.8, 4) is 6.07 Å². The van der Waals surface area contributed by atoms with Crippen LogP contribution in [0.5, 0.6) is 0 Å². The molecule has 0 bridgehead atoms. The maximum absolute atomic E-state index is 8.73. The predicted molar refractivity (Wildman–Crippen MR) is 75.9 cm³/mol. The zero-order valence-electron chi connectivity index (χ0n) is 11.7. The molecule has 0 atom stereocenters. The summed E-state index contributed by atoms with van der Waals surface area (Å²) in [6.07, 6.45) is 4.33. The van der Waals surface area contributed by atoms with E-state index in [-0.39, 0.29) is 0 Å². The Kier molecular flexibility index (Phi) is 5.38. The topological polar surface area (TPSA) is 36.3 Å². The molecule has 0 unspecified atom stereocenters. The molecule has 0 saturated heterocycles. The van der Waals surface area contributed by atoms with Gasteiger partial charge in [0.15, 0.2) is 0 Å². The van der Waals surface area contributed by atoms with Crippen molar-refractivity contribution in [3.63, 3.8) is 0 Å². The molecule has 0 heterocycles. The summed E-state index contributed by atoms with van der Waals surface area (Å²) in [5.41, 5.74) is 4.39. The summed E-state index contributed by atoms with van der Waals surface area (Å²) in [5.74, 6) is 0. The van der Waals surface area contributed by atoms with E-state index in [4.69, 9.17) is 10.00 Å². The Morgan fingerprint density at radius 1 is 1.26 bits per heavy atom. The van der Waals surface area contributed by atoms with E-state index in [9.17, 15) is 0 Å². The first kappa shape index (κ1) is 14.0. The lowest BCUT2D eigenvalue weighted by molar-refractivity contribution is 0.145. The highest BCUT2D eigenvalue weighted by atomic mass is 16.5. The molecule has 1 aromatic rings. The number of aryl methyl sites for hydroxylation is 2. The predicted octanol–water partition coefficient (Wildman–Crippen LogP) is 2.54. The lowest BCUT2D eigenvalue weighted by Gasteiger charge is -2.21. The molecular formula is C16H22N2O. The van der Waals surface area contributed by atoms with Gasteiger partial charge in [0.25, 0.3) is 0 Å². The quantitative estimate of drug-likeness (QED) is 0.754. The van der Waals surface area contributed by atoms with Crippen LogP contribution in [0.1, 0.15) is 29.5 Å². The van der Waals surface area contributed by atoms with Crippen molar-refractivity contribution in [3.05, 3.63) is 34.9 Å². The van der Waals surface area contributed by atoms with Gasteiger partial charge in [-0.15, -0.1) is 0 Å². The lowest BCUT2D eigenvalue weighted by atomic mass is 10.1. The molecule has 19 heavy (non-hydrogen) atoms. The number of hydrogen-bond donors (Lipinski definition) is 0. The second-order valence-corrected chi connectivity index (χ2v) is 5.13. The fraction of sp³-hybridized carbons (Fsp3) is 0.562. The van der Waals surface area contributed by atoms with Crippen molar-refractivity contribution in [1.29, 1.82) is 5.26 Å². The average molecular weight is 258 g/mol. The second kappa shape index (κ2) is 7.28. The molecule has 1 aromatic carbocycles. The minimum absolute atomic E-state index is 0.578. The van der Waals surface area contributed by atoms with Gasteiger partial charge >= 0.3 is 0 Å². The molecule has 0 fully saturated rings. The third kappa shape index (κ3) is 4.05. The average Bonchev–Trinajstić information content (AvgIpc) is 2.89. The number of fused-ring (bicyclic) bond motifs is 1. The Bertz CT molecular complexity index is 451. The molecule has 3 heteroatoms. The fourth-order valence-corrected chi connectivity index (χ4v) is 2.68. The highest BCUT2D eigenvalue weighted by Crippen LogP contribution is 2.23. The van der Waals surface area contributed by atoms with Crippen molar-refractivity contribution >= 4 is 0 Å². The molecule has 0 N–H and O–H groups in total. The van der Waals surface area contributed by atoms with Crippen LogP contribution >= 0.6 is 0 Å². The number of nitrogens with zero attached hydrogens (tertiary/aromatic N) is 2. The van der Waals surface area contributed by atoms with Crippen molar-refractivity contribution in [2.24, 2.45) is 0 Å². The molecule has 2 rings (SSSR count). The number of hydrogen-bond acceptors (Lipinski definition) is 3. The minimum atomic E-state index is 0.578. The molecule has 1 aliphatic carbocycles. The molecule has 3 nitrogen and oxygen atoms in total. The van der Waals surface area contributed by atoms with Gasteiger partial charge < -0.3 is 4.74 Å². The third-order valence-electron chi connectivity index (χ3n) is 3.72. The Morgan fingerprint density at radius 3 is 2.89 bits per heavy atom. The van der Waals surface area contributed by atoms with Gasteiger partial charge in [0.2, 0.25) is 0 Å². The summed E-state index contributed by atoms with van der Waals surface area (Å²) in [5, 5.41) is 8.73. The first-order valence-corrected chi connectivity index (χ1v) is 7.02. The van der Waals surface area contributed by atoms with Crippen LogP contribution in [-0.4, -0.2) is 31.7 Å². The first-order valence-electron chi connectivity index (χ1n) is 7.02. The van der Waals surface area contributed by atoms with E-state index in [2.05, 4.69) is 29.2 Å². The van der Waals surface area contributed by atoms with Crippen molar-refractivity contribution in [1.82, 2.24) is 4.90 Å². The molecular weight excluding hydrogens is 236 g/mol. The van der Waals surface area contributed by atoms with Crippen LogP contribution in [0, 0.1) is 11.3 Å². The van der Waals surface area contributed by atoms with Crippen LogP contribution in [0.25, 0.3) is 0 Å². The van der Waals surface area contributed by atoms with Gasteiger partial charge in [-0.2, -0.15) is 5.26 Å². The number of ether oxygens (including phenoxy) is 1. The molecule has 0 spiro atoms. The summed E-state index contributed by atoms with van der Waals surface area (Å²) in [6.45, 7) is 3.33. The third-order valence-corrected chi connectivity index (χ3v) is 3.72. The Labute approximate surface area is 115 Å². The van der Waals surface area contributed by atoms with Gasteiger partial charge in [-0.05, 0) is 36.0 Å². The maximum Gasteiger partial charge on any atom is 0.0635 e. The van der Waals surface area contributed by atoms with E-state index in [1.807, 2.05) is 0 Å². The normalized spacial score (nSPS) is 13.5. The van der Waals surface area contributed by atoms with Crippen molar-refractivity contribution < 1.29 is 4.74 Å². The smallest absolute Gasteiger partial charge is 0.0635 e. The molecule has 0 aromatic heterocycles. The van der Waals surface area contributed by atoms with E-state index in [1.165, 1.54) is 36.0 Å². The fourth-order valence-electron chi connectivity index (χ4n) is 2.68. The maximum atomic E-state index is 8.73. The van der Waals surface area contributed by atoms with Gasteiger partial charge in [-0.25, -0.2) is 0 Å². The Balaban J connectivity index is 1.97. The standard InChI is InChI=1S/C16H22N2O/c1-19-11-10-18(9-3-8-17)13-14-6-7-15-4-2-5-16(15)12-14/h6-7,12H,2-5,9-11,13H2,1H3. The summed E-state index contributed by atoms with van der Waals surface area (Å²) in [6, 6.07) is 9.07. The Morgan fingerprint density at radius 2 is 2.11 bits per heavy atom. The van der Waals surface area contributed by atoms with Gasteiger partial charge in [0.05, 0.1) is 12.7 Å². The number of methoxy groups -OCH3 is 1. The van der Waals surface area contributed by atoms with Crippen LogP contribution < -0.4 is 0 Å². The van der Waals surface area contributed by atoms with Crippen molar-refractivity contribution in [2.75, 3.05) is 26.8 Å². The zero-order chi connectivity index (χ0) is 13.5. The monoisotopic (exact) mass is 258 g/mol. The van der Waals surface area contributed by atoms with Crippen LogP contribution in [0.15, 0.2) is 18.2 Å². The van der Waals surface area contributed by atoms with Gasteiger partial charge in [-0.3, -0.25) is 4.90 Å². The largest absolute Gasteiger partial charge is 0.383 e. The molecule has 0 radical (unpaired) electrons. The van der Waals surface area contributed by atoms with E-state index in [0.29, 0.717) is 6.42 Å². The molecule has 1 aliphatic rings. The van der Waals surface area contributed by atoms with E-state index in [1.54, 1.807) is 7.11 Å². The second-order valence-electron chi connectivity index (χ2n) is 5.13. The molecule has 0 aliphatic heterocycles. The zero-order valence-corrected chi connectivity index (χ0v) is 11.7. The van der Waals surface area contributed by atoms with Crippen LogP contribution in [0.2, 0.25) is 0 Å². The summed E-state index contributed by atoms with van der Waals surface area (Å²) >= 11 is 0. The summed E-state index contributed by atoms with van der Waals surface area (Å²) < 4.78 is 5.14. The van der Waals surface area contributed by atoms with Crippen LogP contribution in [0.4, 0.5) is 0 Å². The molecule has 0 saturated carbocycles. The summed E-state index contributed by atoms with van der Waals surface area (Å²) in [7, 11) is 1.72. The van der Waals surface area contributed by atoms with Crippen LogP contribution in [0.3, 0.4) is 0 Å². The highest BCUT2D eigenvalue weighted by molar-refractivity contribution is 5.35. The number of nitriles is 1. The van der Waals surface area contributed by atoms with Gasteiger partial charge in [-0.1, -0.05) is 18.2 Å². The molecule has 102 valence electrons. The highest BCUT2D eigenvalue weighted by Gasteiger charge is 2.12. The van der Waals surface area contributed by atoms with Crippen molar-refractivity contribution in [2.45, 2.75) is 32.2 Å². The summed E-state index contributed by atoms with van der Waals surface area (Å²) in [4.78, 5) is 2.30. The van der Waals surface area contributed by atoms with E-state index >= 15 is 0 Å². The minimum Gasteiger partial charge on any atom is -0.383 e. The Hall–Kier alpha value is -1.37. The van der Waals surface area contributed by atoms with Crippen LogP contribution in [-0.2, 0) is 24.1 Å². The lowest BCUT2D eigenvalue weighted by Crippen LogP contribution is -2.28. The van der Waals surface area contributed by atoms with E-state index < -0.39 is 0 Å². The number of rotatable bonds is 7. The van der Waals surface area contributed by atoms with Gasteiger partial charge in [0, 0.05) is 33.2 Å². The number of benzene rings is 1. The van der Waals surface area contributed by atoms with Gasteiger partial charge in [0.1, 0.15) is 0 Å². The SMILES string of the molecule is COCCN(CCC#N)Cc1ccc2c(c1)CCC2.